The van der Waals surface area contributed by atoms with Crippen molar-refractivity contribution in [2.24, 2.45) is 0 Å². The summed E-state index contributed by atoms with van der Waals surface area (Å²) in [5.41, 5.74) is 0.647. The lowest BCUT2D eigenvalue weighted by atomic mass is 10.2. The number of aryl methyl sites for hydroxylation is 1. The summed E-state index contributed by atoms with van der Waals surface area (Å²) in [5.74, 6) is 0. The Labute approximate surface area is 144 Å². The summed E-state index contributed by atoms with van der Waals surface area (Å²) in [7, 11) is -4.13. The molecule has 1 aromatic carbocycles. The third-order valence-corrected chi connectivity index (χ3v) is 5.72. The van der Waals surface area contributed by atoms with E-state index in [2.05, 4.69) is 10.0 Å². The second kappa shape index (κ2) is 7.57. The number of hydrogen-bond acceptors (Lipinski definition) is 4. The van der Waals surface area contributed by atoms with Crippen LogP contribution >= 0.6 is 11.6 Å². The number of hydrogen-bond donors (Lipinski definition) is 2. The Bertz CT molecular complexity index is 676. The fourth-order valence-corrected chi connectivity index (χ4v) is 4.15. The van der Waals surface area contributed by atoms with Gasteiger partial charge in [0, 0.05) is 32.7 Å². The van der Waals surface area contributed by atoms with E-state index in [1.807, 2.05) is 0 Å². The van der Waals surface area contributed by atoms with Gasteiger partial charge in [-0.1, -0.05) is 17.7 Å². The highest BCUT2D eigenvalue weighted by Crippen LogP contribution is 2.26. The molecule has 2 rings (SSSR count). The Morgan fingerprint density at radius 1 is 1.33 bits per heavy atom. The molecular weight excluding hydrogens is 367 g/mol. The minimum atomic E-state index is -4.53. The first-order valence-corrected chi connectivity index (χ1v) is 9.24. The Balaban J connectivity index is 2.17. The number of nitrogens with one attached hydrogen (secondary N) is 2. The monoisotopic (exact) mass is 385 g/mol. The Morgan fingerprint density at radius 2 is 1.96 bits per heavy atom. The molecule has 2 N–H and O–H groups in total. The third kappa shape index (κ3) is 4.82. The van der Waals surface area contributed by atoms with Crippen molar-refractivity contribution in [3.05, 3.63) is 28.8 Å². The maximum Gasteiger partial charge on any atom is 0.405 e. The average molecular weight is 386 g/mol. The highest BCUT2D eigenvalue weighted by Gasteiger charge is 2.44. The van der Waals surface area contributed by atoms with Crippen LogP contribution in [0.15, 0.2) is 23.1 Å². The number of piperazine rings is 1. The molecular formula is C14H19ClF3N3O2S. The summed E-state index contributed by atoms with van der Waals surface area (Å²) in [6, 6.07) is 2.49. The summed E-state index contributed by atoms with van der Waals surface area (Å²) in [6.07, 6.45) is -4.53. The van der Waals surface area contributed by atoms with Crippen LogP contribution in [0.1, 0.15) is 5.56 Å². The van der Waals surface area contributed by atoms with Gasteiger partial charge in [0.15, 0.2) is 0 Å². The molecule has 0 radical (unpaired) electrons. The van der Waals surface area contributed by atoms with Crippen LogP contribution in [-0.4, -0.2) is 58.3 Å². The van der Waals surface area contributed by atoms with Gasteiger partial charge in [-0.15, -0.1) is 0 Å². The minimum Gasteiger partial charge on any atom is -0.314 e. The van der Waals surface area contributed by atoms with Gasteiger partial charge in [0.2, 0.25) is 10.0 Å². The molecule has 1 heterocycles. The van der Waals surface area contributed by atoms with E-state index in [0.29, 0.717) is 18.7 Å². The van der Waals surface area contributed by atoms with Crippen molar-refractivity contribution >= 4 is 21.6 Å². The Kier molecular flexibility index (Phi) is 6.14. The number of nitrogens with zero attached hydrogens (tertiary/aromatic N) is 1. The first-order valence-electron chi connectivity index (χ1n) is 7.38. The average Bonchev–Trinajstić information content (AvgIpc) is 2.49. The molecule has 0 amide bonds. The second-order valence-corrected chi connectivity index (χ2v) is 7.77. The molecule has 1 aliphatic heterocycles. The Hall–Kier alpha value is -0.870. The van der Waals surface area contributed by atoms with Crippen LogP contribution in [0.25, 0.3) is 0 Å². The molecule has 0 aromatic heterocycles. The topological polar surface area (TPSA) is 61.4 Å². The first kappa shape index (κ1) is 19.5. The van der Waals surface area contributed by atoms with Gasteiger partial charge in [-0.25, -0.2) is 13.1 Å². The van der Waals surface area contributed by atoms with Crippen molar-refractivity contribution < 1.29 is 21.6 Å². The van der Waals surface area contributed by atoms with Crippen molar-refractivity contribution in [2.45, 2.75) is 24.0 Å². The van der Waals surface area contributed by atoms with Gasteiger partial charge in [-0.2, -0.15) is 13.2 Å². The SMILES string of the molecule is Cc1ccc(Cl)c(S(=O)(=O)NCC(N2CCNCC2)C(F)(F)F)c1. The van der Waals surface area contributed by atoms with Gasteiger partial charge < -0.3 is 5.32 Å². The molecule has 1 fully saturated rings. The molecule has 24 heavy (non-hydrogen) atoms. The largest absolute Gasteiger partial charge is 0.405 e. The number of alkyl halides is 3. The van der Waals surface area contributed by atoms with Crippen LogP contribution in [0.4, 0.5) is 13.2 Å². The molecule has 1 atom stereocenters. The second-order valence-electron chi connectivity index (χ2n) is 5.63. The lowest BCUT2D eigenvalue weighted by molar-refractivity contribution is -0.182. The first-order chi connectivity index (χ1) is 11.1. The Morgan fingerprint density at radius 3 is 2.54 bits per heavy atom. The molecule has 0 spiro atoms. The molecule has 5 nitrogen and oxygen atoms in total. The van der Waals surface area contributed by atoms with Crippen LogP contribution in [0.2, 0.25) is 5.02 Å². The molecule has 136 valence electrons. The number of rotatable bonds is 5. The van der Waals surface area contributed by atoms with E-state index in [1.165, 1.54) is 17.0 Å². The van der Waals surface area contributed by atoms with E-state index in [-0.39, 0.29) is 23.0 Å². The number of benzene rings is 1. The molecule has 0 aliphatic carbocycles. The molecule has 10 heteroatoms. The zero-order valence-corrected chi connectivity index (χ0v) is 14.6. The van der Waals surface area contributed by atoms with Crippen molar-refractivity contribution in [1.29, 1.82) is 0 Å². The summed E-state index contributed by atoms with van der Waals surface area (Å²) in [5, 5.41) is 2.94. The molecule has 1 aliphatic rings. The van der Waals surface area contributed by atoms with Gasteiger partial charge in [0.05, 0.1) is 5.02 Å². The molecule has 0 saturated carbocycles. The normalized spacial score (nSPS) is 18.5. The zero-order valence-electron chi connectivity index (χ0n) is 13.0. The smallest absolute Gasteiger partial charge is 0.314 e. The van der Waals surface area contributed by atoms with Gasteiger partial charge in [-0.05, 0) is 24.6 Å². The maximum atomic E-state index is 13.3. The molecule has 1 saturated heterocycles. The lowest BCUT2D eigenvalue weighted by Crippen LogP contribution is -2.57. The highest BCUT2D eigenvalue weighted by molar-refractivity contribution is 7.89. The predicted molar refractivity (Wildman–Crippen MR) is 85.7 cm³/mol. The van der Waals surface area contributed by atoms with Gasteiger partial charge in [0.25, 0.3) is 0 Å². The summed E-state index contributed by atoms with van der Waals surface area (Å²) in [4.78, 5) is 1.02. The van der Waals surface area contributed by atoms with Gasteiger partial charge in [0.1, 0.15) is 10.9 Å². The predicted octanol–water partition coefficient (Wildman–Crippen LogP) is 1.76. The van der Waals surface area contributed by atoms with Crippen molar-refractivity contribution in [2.75, 3.05) is 32.7 Å². The highest BCUT2D eigenvalue weighted by atomic mass is 35.5. The van der Waals surface area contributed by atoms with Crippen molar-refractivity contribution in [3.63, 3.8) is 0 Å². The fraction of sp³-hybridized carbons (Fsp3) is 0.571. The summed E-state index contributed by atoms with van der Waals surface area (Å²) < 4.78 is 66.6. The number of halogens is 4. The van der Waals surface area contributed by atoms with Gasteiger partial charge >= 0.3 is 6.18 Å². The van der Waals surface area contributed by atoms with Crippen molar-refractivity contribution in [3.8, 4) is 0 Å². The third-order valence-electron chi connectivity index (χ3n) is 3.81. The van der Waals surface area contributed by atoms with Crippen LogP contribution in [0, 0.1) is 6.92 Å². The van der Waals surface area contributed by atoms with E-state index in [4.69, 9.17) is 11.6 Å². The quantitative estimate of drug-likeness (QED) is 0.811. The standard InChI is InChI=1S/C14H19ClF3N3O2S/c1-10-2-3-11(15)12(8-10)24(22,23)20-9-13(14(16,17)18)21-6-4-19-5-7-21/h2-3,8,13,19-20H,4-7,9H2,1H3. The van der Waals surface area contributed by atoms with Crippen LogP contribution in [-0.2, 0) is 10.0 Å². The van der Waals surface area contributed by atoms with E-state index >= 15 is 0 Å². The summed E-state index contributed by atoms with van der Waals surface area (Å²) in [6.45, 7) is 2.20. The molecule has 1 aromatic rings. The fourth-order valence-electron chi connectivity index (χ4n) is 2.53. The summed E-state index contributed by atoms with van der Waals surface area (Å²) >= 11 is 5.87. The maximum absolute atomic E-state index is 13.3. The van der Waals surface area contributed by atoms with Crippen LogP contribution in [0.3, 0.4) is 0 Å². The van der Waals surface area contributed by atoms with E-state index in [1.54, 1.807) is 13.0 Å². The van der Waals surface area contributed by atoms with E-state index < -0.39 is 28.8 Å². The van der Waals surface area contributed by atoms with Gasteiger partial charge in [-0.3, -0.25) is 4.90 Å². The van der Waals surface area contributed by atoms with Crippen LogP contribution < -0.4 is 10.0 Å². The lowest BCUT2D eigenvalue weighted by Gasteiger charge is -2.35. The number of sulfonamides is 1. The van der Waals surface area contributed by atoms with E-state index in [0.717, 1.165) is 0 Å². The minimum absolute atomic E-state index is 0.0289. The van der Waals surface area contributed by atoms with E-state index in [9.17, 15) is 21.6 Å². The zero-order chi connectivity index (χ0) is 18.0. The molecule has 1 unspecified atom stereocenters. The van der Waals surface area contributed by atoms with Crippen molar-refractivity contribution in [1.82, 2.24) is 14.9 Å². The molecule has 0 bridgehead atoms. The van der Waals surface area contributed by atoms with Crippen LogP contribution in [0.5, 0.6) is 0 Å².